The average molecular weight is 242 g/mol. The van der Waals surface area contributed by atoms with Gasteiger partial charge in [-0.05, 0) is 24.3 Å². The molecular formula is C10H14N2O3S. The summed E-state index contributed by atoms with van der Waals surface area (Å²) in [6, 6.07) is 7.64. The molecule has 0 aliphatic carbocycles. The summed E-state index contributed by atoms with van der Waals surface area (Å²) >= 11 is 1.57. The average Bonchev–Trinajstić information content (AvgIpc) is 2.30. The summed E-state index contributed by atoms with van der Waals surface area (Å²) < 4.78 is 5.04. The minimum atomic E-state index is -0.372. The Labute approximate surface area is 98.2 Å². The summed E-state index contributed by atoms with van der Waals surface area (Å²) in [6.45, 7) is 0. The summed E-state index contributed by atoms with van der Waals surface area (Å²) in [5, 5.41) is 0. The Morgan fingerprint density at radius 1 is 1.44 bits per heavy atom. The molecule has 1 aromatic rings. The Bertz CT molecular complexity index is 329. The van der Waals surface area contributed by atoms with Crippen molar-refractivity contribution in [2.24, 2.45) is 5.84 Å². The molecule has 3 N–H and O–H groups in total. The molecule has 0 spiro atoms. The van der Waals surface area contributed by atoms with Gasteiger partial charge in [0.05, 0.1) is 13.5 Å². The van der Waals surface area contributed by atoms with Crippen molar-refractivity contribution in [1.82, 2.24) is 5.59 Å². The van der Waals surface area contributed by atoms with E-state index >= 15 is 0 Å². The van der Waals surface area contributed by atoms with Crippen molar-refractivity contribution in [1.29, 1.82) is 0 Å². The molecule has 0 aliphatic heterocycles. The molecule has 1 aromatic carbocycles. The third-order valence-electron chi connectivity index (χ3n) is 1.81. The largest absolute Gasteiger partial charge is 0.497 e. The SMILES string of the molecule is COc1ccc(SCCC(=O)ONN)cc1. The number of benzene rings is 1. The molecule has 0 bridgehead atoms. The minimum Gasteiger partial charge on any atom is -0.497 e. The molecule has 0 aromatic heterocycles. The van der Waals surface area contributed by atoms with E-state index < -0.39 is 0 Å². The number of hydrogen-bond donors (Lipinski definition) is 2. The van der Waals surface area contributed by atoms with E-state index in [1.807, 2.05) is 29.9 Å². The van der Waals surface area contributed by atoms with Gasteiger partial charge in [-0.1, -0.05) is 5.59 Å². The van der Waals surface area contributed by atoms with E-state index in [-0.39, 0.29) is 5.97 Å². The van der Waals surface area contributed by atoms with Crippen LogP contribution in [0.2, 0.25) is 0 Å². The first-order valence-corrected chi connectivity index (χ1v) is 5.67. The van der Waals surface area contributed by atoms with Gasteiger partial charge in [0.2, 0.25) is 0 Å². The van der Waals surface area contributed by atoms with Crippen LogP contribution in [0.25, 0.3) is 0 Å². The van der Waals surface area contributed by atoms with Gasteiger partial charge < -0.3 is 9.57 Å². The third-order valence-corrected chi connectivity index (χ3v) is 2.82. The van der Waals surface area contributed by atoms with Gasteiger partial charge in [-0.3, -0.25) is 4.79 Å². The van der Waals surface area contributed by atoms with Crippen LogP contribution in [0.4, 0.5) is 0 Å². The molecule has 88 valence electrons. The van der Waals surface area contributed by atoms with Crippen LogP contribution in [-0.4, -0.2) is 18.8 Å². The number of thioether (sulfide) groups is 1. The van der Waals surface area contributed by atoms with E-state index in [0.29, 0.717) is 12.2 Å². The number of hydrogen-bond acceptors (Lipinski definition) is 6. The highest BCUT2D eigenvalue weighted by Gasteiger charge is 2.02. The molecule has 16 heavy (non-hydrogen) atoms. The number of carbonyl (C=O) groups is 1. The summed E-state index contributed by atoms with van der Waals surface area (Å²) in [5.41, 5.74) is 1.86. The smallest absolute Gasteiger partial charge is 0.327 e. The van der Waals surface area contributed by atoms with Gasteiger partial charge in [0.15, 0.2) is 0 Å². The Morgan fingerprint density at radius 2 is 2.12 bits per heavy atom. The number of hydrazine groups is 1. The highest BCUT2D eigenvalue weighted by Crippen LogP contribution is 2.21. The van der Waals surface area contributed by atoms with Gasteiger partial charge in [-0.2, -0.15) is 0 Å². The monoisotopic (exact) mass is 242 g/mol. The summed E-state index contributed by atoms with van der Waals surface area (Å²) in [5.74, 6) is 5.92. The lowest BCUT2D eigenvalue weighted by Gasteiger charge is -2.03. The lowest BCUT2D eigenvalue weighted by atomic mass is 10.3. The van der Waals surface area contributed by atoms with Gasteiger partial charge in [-0.25, -0.2) is 5.84 Å². The molecule has 0 atom stereocenters. The molecule has 1 rings (SSSR count). The maximum absolute atomic E-state index is 10.9. The van der Waals surface area contributed by atoms with Crippen LogP contribution >= 0.6 is 11.8 Å². The second-order valence-electron chi connectivity index (χ2n) is 2.87. The molecule has 0 amide bonds. The fourth-order valence-corrected chi connectivity index (χ4v) is 1.87. The van der Waals surface area contributed by atoms with Crippen LogP contribution in [0, 0.1) is 0 Å². The highest BCUT2D eigenvalue weighted by molar-refractivity contribution is 7.99. The van der Waals surface area contributed by atoms with Crippen molar-refractivity contribution < 1.29 is 14.4 Å². The lowest BCUT2D eigenvalue weighted by Crippen LogP contribution is -2.26. The summed E-state index contributed by atoms with van der Waals surface area (Å²) in [6.07, 6.45) is 0.306. The number of ether oxygens (including phenoxy) is 1. The zero-order valence-electron chi connectivity index (χ0n) is 8.93. The Kier molecular flexibility index (Phi) is 5.69. The molecule has 0 aliphatic rings. The predicted octanol–water partition coefficient (Wildman–Crippen LogP) is 1.10. The van der Waals surface area contributed by atoms with Crippen LogP contribution < -0.4 is 16.2 Å². The number of rotatable bonds is 6. The Morgan fingerprint density at radius 3 is 2.69 bits per heavy atom. The summed E-state index contributed by atoms with van der Waals surface area (Å²) in [7, 11) is 1.62. The predicted molar refractivity (Wildman–Crippen MR) is 61.8 cm³/mol. The lowest BCUT2D eigenvalue weighted by molar-refractivity contribution is -0.150. The molecule has 0 saturated carbocycles. The number of methoxy groups -OCH3 is 1. The van der Waals surface area contributed by atoms with Crippen LogP contribution in [0.1, 0.15) is 6.42 Å². The topological polar surface area (TPSA) is 73.6 Å². The van der Waals surface area contributed by atoms with Gasteiger partial charge in [-0.15, -0.1) is 11.8 Å². The van der Waals surface area contributed by atoms with Crippen molar-refractivity contribution in [3.8, 4) is 5.75 Å². The number of nitrogens with one attached hydrogen (secondary N) is 1. The quantitative estimate of drug-likeness (QED) is 0.442. The molecule has 6 heteroatoms. The second kappa shape index (κ2) is 7.10. The van der Waals surface area contributed by atoms with Crippen molar-refractivity contribution >= 4 is 17.7 Å². The maximum atomic E-state index is 10.9. The normalized spacial score (nSPS) is 9.88. The highest BCUT2D eigenvalue weighted by atomic mass is 32.2. The van der Waals surface area contributed by atoms with Crippen molar-refractivity contribution in [3.63, 3.8) is 0 Å². The van der Waals surface area contributed by atoms with E-state index in [9.17, 15) is 4.79 Å². The van der Waals surface area contributed by atoms with E-state index in [2.05, 4.69) is 4.84 Å². The third kappa shape index (κ3) is 4.52. The fraction of sp³-hybridized carbons (Fsp3) is 0.300. The Balaban J connectivity index is 2.29. The molecule has 0 radical (unpaired) electrons. The maximum Gasteiger partial charge on any atom is 0.327 e. The fourth-order valence-electron chi connectivity index (χ4n) is 1.04. The van der Waals surface area contributed by atoms with E-state index in [4.69, 9.17) is 10.6 Å². The Hall–Kier alpha value is -1.24. The first-order chi connectivity index (χ1) is 7.76. The van der Waals surface area contributed by atoms with E-state index in [1.54, 1.807) is 18.9 Å². The van der Waals surface area contributed by atoms with Gasteiger partial charge in [0.1, 0.15) is 5.75 Å². The molecule has 5 nitrogen and oxygen atoms in total. The van der Waals surface area contributed by atoms with Crippen LogP contribution in [0.15, 0.2) is 29.2 Å². The molecule has 0 saturated heterocycles. The number of carbonyl (C=O) groups excluding carboxylic acids is 1. The van der Waals surface area contributed by atoms with Gasteiger partial charge in [0.25, 0.3) is 0 Å². The first-order valence-electron chi connectivity index (χ1n) is 4.68. The molecule has 0 fully saturated rings. The van der Waals surface area contributed by atoms with E-state index in [1.165, 1.54) is 0 Å². The minimum absolute atomic E-state index is 0.306. The second-order valence-corrected chi connectivity index (χ2v) is 4.03. The molecule has 0 unspecified atom stereocenters. The van der Waals surface area contributed by atoms with Crippen molar-refractivity contribution in [2.45, 2.75) is 11.3 Å². The van der Waals surface area contributed by atoms with Crippen molar-refractivity contribution in [3.05, 3.63) is 24.3 Å². The van der Waals surface area contributed by atoms with Crippen LogP contribution in [0.3, 0.4) is 0 Å². The molecule has 0 heterocycles. The van der Waals surface area contributed by atoms with Gasteiger partial charge in [0, 0.05) is 10.6 Å². The zero-order chi connectivity index (χ0) is 11.8. The summed E-state index contributed by atoms with van der Waals surface area (Å²) in [4.78, 5) is 16.4. The van der Waals surface area contributed by atoms with E-state index in [0.717, 1.165) is 10.6 Å². The molecular weight excluding hydrogens is 228 g/mol. The van der Waals surface area contributed by atoms with Crippen LogP contribution in [-0.2, 0) is 9.63 Å². The van der Waals surface area contributed by atoms with Crippen molar-refractivity contribution in [2.75, 3.05) is 12.9 Å². The zero-order valence-corrected chi connectivity index (χ0v) is 9.75. The van der Waals surface area contributed by atoms with Gasteiger partial charge >= 0.3 is 5.97 Å². The first kappa shape index (κ1) is 12.8. The van der Waals surface area contributed by atoms with Crippen LogP contribution in [0.5, 0.6) is 5.75 Å². The standard InChI is InChI=1S/C10H14N2O3S/c1-14-8-2-4-9(5-3-8)16-7-6-10(13)15-12-11/h2-5,12H,6-7,11H2,1H3. The number of nitrogens with two attached hydrogens (primary N) is 1.